The number of fused-ring (bicyclic) bond motifs is 1. The lowest BCUT2D eigenvalue weighted by Crippen LogP contribution is -2.30. The summed E-state index contributed by atoms with van der Waals surface area (Å²) in [6, 6.07) is 11.9. The van der Waals surface area contributed by atoms with Gasteiger partial charge in [-0.25, -0.2) is 8.42 Å². The molecule has 1 N–H and O–H groups in total. The van der Waals surface area contributed by atoms with Crippen LogP contribution in [0.1, 0.15) is 31.7 Å². The third kappa shape index (κ3) is 4.74. The van der Waals surface area contributed by atoms with E-state index >= 15 is 0 Å². The van der Waals surface area contributed by atoms with Crippen molar-refractivity contribution in [3.8, 4) is 5.75 Å². The average molecular weight is 443 g/mol. The van der Waals surface area contributed by atoms with Crippen LogP contribution in [-0.2, 0) is 25.8 Å². The van der Waals surface area contributed by atoms with Crippen molar-refractivity contribution >= 4 is 33.0 Å². The molecule has 2 aliphatic rings. The van der Waals surface area contributed by atoms with Crippen molar-refractivity contribution in [2.75, 3.05) is 29.1 Å². The SMILES string of the molecule is CCOc1ccccc1NC(=O)CCS(=O)(=O)c1ccc2c(c1)CCN2C(=O)C1CC1. The summed E-state index contributed by atoms with van der Waals surface area (Å²) < 4.78 is 31.1. The smallest absolute Gasteiger partial charge is 0.230 e. The van der Waals surface area contributed by atoms with Gasteiger partial charge in [0.2, 0.25) is 11.8 Å². The van der Waals surface area contributed by atoms with Crippen LogP contribution in [0.5, 0.6) is 5.75 Å². The molecule has 1 aliphatic carbocycles. The highest BCUT2D eigenvalue weighted by Gasteiger charge is 2.36. The Morgan fingerprint density at radius 2 is 1.94 bits per heavy atom. The molecule has 1 saturated carbocycles. The summed E-state index contributed by atoms with van der Waals surface area (Å²) in [6.07, 6.45) is 2.36. The first-order chi connectivity index (χ1) is 14.9. The van der Waals surface area contributed by atoms with E-state index in [-0.39, 0.29) is 28.9 Å². The van der Waals surface area contributed by atoms with Crippen LogP contribution < -0.4 is 15.0 Å². The van der Waals surface area contributed by atoms with Gasteiger partial charge in [0.25, 0.3) is 0 Å². The number of rotatable bonds is 8. The molecule has 8 heteroatoms. The molecule has 1 aliphatic heterocycles. The van der Waals surface area contributed by atoms with E-state index in [2.05, 4.69) is 5.32 Å². The number of hydrogen-bond acceptors (Lipinski definition) is 5. The molecule has 2 aromatic rings. The lowest BCUT2D eigenvalue weighted by atomic mass is 10.2. The van der Waals surface area contributed by atoms with Crippen LogP contribution in [0.4, 0.5) is 11.4 Å². The summed E-state index contributed by atoms with van der Waals surface area (Å²) in [6.45, 7) is 2.90. The molecule has 1 fully saturated rings. The minimum Gasteiger partial charge on any atom is -0.492 e. The van der Waals surface area contributed by atoms with E-state index < -0.39 is 15.7 Å². The summed E-state index contributed by atoms with van der Waals surface area (Å²) in [5.74, 6) is 0.126. The van der Waals surface area contributed by atoms with Gasteiger partial charge in [-0.3, -0.25) is 9.59 Å². The van der Waals surface area contributed by atoms with Gasteiger partial charge < -0.3 is 15.0 Å². The number of hydrogen-bond donors (Lipinski definition) is 1. The Bertz CT molecular complexity index is 1110. The van der Waals surface area contributed by atoms with Crippen molar-refractivity contribution in [2.24, 2.45) is 5.92 Å². The molecule has 0 radical (unpaired) electrons. The van der Waals surface area contributed by atoms with Crippen molar-refractivity contribution in [3.05, 3.63) is 48.0 Å². The third-order valence-corrected chi connectivity index (χ3v) is 7.27. The molecule has 0 atom stereocenters. The second kappa shape index (κ2) is 8.70. The van der Waals surface area contributed by atoms with E-state index in [1.54, 1.807) is 41.3 Å². The summed E-state index contributed by atoms with van der Waals surface area (Å²) in [5.41, 5.74) is 2.19. The highest BCUT2D eigenvalue weighted by molar-refractivity contribution is 7.91. The van der Waals surface area contributed by atoms with Gasteiger partial charge in [0.05, 0.1) is 22.9 Å². The fourth-order valence-corrected chi connectivity index (χ4v) is 5.05. The van der Waals surface area contributed by atoms with Gasteiger partial charge in [0, 0.05) is 24.6 Å². The second-order valence-electron chi connectivity index (χ2n) is 7.85. The van der Waals surface area contributed by atoms with E-state index in [1.165, 1.54) is 6.07 Å². The summed E-state index contributed by atoms with van der Waals surface area (Å²) >= 11 is 0. The Morgan fingerprint density at radius 3 is 2.68 bits per heavy atom. The molecule has 2 aromatic carbocycles. The normalized spacial score (nSPS) is 15.5. The van der Waals surface area contributed by atoms with Gasteiger partial charge in [-0.15, -0.1) is 0 Å². The number of ether oxygens (including phenoxy) is 1. The first kappa shape index (κ1) is 21.4. The molecule has 4 rings (SSSR count). The number of carbonyl (C=O) groups is 2. The molecule has 7 nitrogen and oxygen atoms in total. The molecular weight excluding hydrogens is 416 g/mol. The highest BCUT2D eigenvalue weighted by Crippen LogP contribution is 2.37. The van der Waals surface area contributed by atoms with E-state index in [4.69, 9.17) is 4.74 Å². The van der Waals surface area contributed by atoms with E-state index in [1.807, 2.05) is 6.92 Å². The molecule has 2 amide bonds. The number of para-hydroxylation sites is 2. The van der Waals surface area contributed by atoms with Crippen LogP contribution in [0, 0.1) is 5.92 Å². The maximum atomic E-state index is 12.8. The topological polar surface area (TPSA) is 92.8 Å². The lowest BCUT2D eigenvalue weighted by molar-refractivity contribution is -0.119. The minimum atomic E-state index is -3.63. The summed E-state index contributed by atoms with van der Waals surface area (Å²) in [7, 11) is -3.63. The number of sulfone groups is 1. The van der Waals surface area contributed by atoms with Gasteiger partial charge in [-0.1, -0.05) is 12.1 Å². The highest BCUT2D eigenvalue weighted by atomic mass is 32.2. The van der Waals surface area contributed by atoms with Crippen molar-refractivity contribution in [3.63, 3.8) is 0 Å². The molecule has 0 bridgehead atoms. The van der Waals surface area contributed by atoms with Crippen LogP contribution >= 0.6 is 0 Å². The standard InChI is InChI=1S/C23H26N2O5S/c1-2-30-21-6-4-3-5-19(21)24-22(26)12-14-31(28,29)18-9-10-20-17(15-18)11-13-25(20)23(27)16-7-8-16/h3-6,9-10,15-16H,2,7-8,11-14H2,1H3,(H,24,26). The summed E-state index contributed by atoms with van der Waals surface area (Å²) in [5, 5.41) is 2.72. The quantitative estimate of drug-likeness (QED) is 0.678. The third-order valence-electron chi connectivity index (χ3n) is 5.56. The molecule has 0 saturated heterocycles. The van der Waals surface area contributed by atoms with E-state index in [0.29, 0.717) is 31.0 Å². The monoisotopic (exact) mass is 442 g/mol. The molecule has 0 spiro atoms. The largest absolute Gasteiger partial charge is 0.492 e. The van der Waals surface area contributed by atoms with Crippen molar-refractivity contribution in [1.82, 2.24) is 0 Å². The van der Waals surface area contributed by atoms with Gasteiger partial charge in [0.15, 0.2) is 9.84 Å². The van der Waals surface area contributed by atoms with Gasteiger partial charge in [-0.05, 0) is 62.1 Å². The zero-order chi connectivity index (χ0) is 22.0. The fraction of sp³-hybridized carbons (Fsp3) is 0.391. The van der Waals surface area contributed by atoms with Gasteiger partial charge in [-0.2, -0.15) is 0 Å². The predicted octanol–water partition coefficient (Wildman–Crippen LogP) is 3.19. The van der Waals surface area contributed by atoms with Crippen molar-refractivity contribution in [2.45, 2.75) is 37.5 Å². The van der Waals surface area contributed by atoms with Gasteiger partial charge >= 0.3 is 0 Å². The molecule has 0 aromatic heterocycles. The van der Waals surface area contributed by atoms with E-state index in [0.717, 1.165) is 24.1 Å². The average Bonchev–Trinajstić information content (AvgIpc) is 3.52. The number of benzene rings is 2. The number of anilines is 2. The number of nitrogens with zero attached hydrogens (tertiary/aromatic N) is 1. The molecular formula is C23H26N2O5S. The molecule has 31 heavy (non-hydrogen) atoms. The lowest BCUT2D eigenvalue weighted by Gasteiger charge is -2.17. The number of amides is 2. The zero-order valence-electron chi connectivity index (χ0n) is 17.5. The fourth-order valence-electron chi connectivity index (χ4n) is 3.76. The van der Waals surface area contributed by atoms with Crippen LogP contribution in [0.25, 0.3) is 0 Å². The van der Waals surface area contributed by atoms with Crippen LogP contribution in [0.2, 0.25) is 0 Å². The van der Waals surface area contributed by atoms with Crippen molar-refractivity contribution < 1.29 is 22.7 Å². The Hall–Kier alpha value is -2.87. The molecule has 164 valence electrons. The predicted molar refractivity (Wildman–Crippen MR) is 118 cm³/mol. The number of carbonyl (C=O) groups excluding carboxylic acids is 2. The van der Waals surface area contributed by atoms with Crippen LogP contribution in [-0.4, -0.2) is 39.1 Å². The Kier molecular flexibility index (Phi) is 6.00. The second-order valence-corrected chi connectivity index (χ2v) is 9.96. The van der Waals surface area contributed by atoms with Crippen LogP contribution in [0.15, 0.2) is 47.4 Å². The summed E-state index contributed by atoms with van der Waals surface area (Å²) in [4.78, 5) is 26.7. The first-order valence-corrected chi connectivity index (χ1v) is 12.2. The zero-order valence-corrected chi connectivity index (χ0v) is 18.3. The maximum Gasteiger partial charge on any atom is 0.230 e. The van der Waals surface area contributed by atoms with Gasteiger partial charge in [0.1, 0.15) is 5.75 Å². The Morgan fingerprint density at radius 1 is 1.16 bits per heavy atom. The maximum absolute atomic E-state index is 12.8. The first-order valence-electron chi connectivity index (χ1n) is 10.6. The Labute approximate surface area is 182 Å². The van der Waals surface area contributed by atoms with Crippen LogP contribution in [0.3, 0.4) is 0 Å². The molecule has 1 heterocycles. The Balaban J connectivity index is 1.40. The number of nitrogens with one attached hydrogen (secondary N) is 1. The van der Waals surface area contributed by atoms with E-state index in [9.17, 15) is 18.0 Å². The minimum absolute atomic E-state index is 0.126. The van der Waals surface area contributed by atoms with Crippen molar-refractivity contribution in [1.29, 1.82) is 0 Å². The molecule has 0 unspecified atom stereocenters.